The predicted octanol–water partition coefficient (Wildman–Crippen LogP) is 4.82. The number of halogens is 1. The van der Waals surface area contributed by atoms with Crippen molar-refractivity contribution in [3.8, 4) is 11.5 Å². The SMILES string of the molecule is COC(=O)Nc1ccc(S(=O)(=O)C(C)C)c([C@H]2CCCN2C(=O)[C@H](Nc2cc(C(N)=O)ccc2F)c2ccc(OC)c(OC)c2)c1. The second-order valence-corrected chi connectivity index (χ2v) is 13.4. The summed E-state index contributed by atoms with van der Waals surface area (Å²) in [5, 5.41) is 4.73. The summed E-state index contributed by atoms with van der Waals surface area (Å²) >= 11 is 0. The van der Waals surface area contributed by atoms with Gasteiger partial charge in [-0.05, 0) is 86.3 Å². The van der Waals surface area contributed by atoms with Crippen molar-refractivity contribution in [3.63, 3.8) is 0 Å². The van der Waals surface area contributed by atoms with E-state index in [4.69, 9.17) is 19.9 Å². The molecule has 3 amide bonds. The summed E-state index contributed by atoms with van der Waals surface area (Å²) in [6, 6.07) is 10.8. The molecule has 1 aliphatic rings. The van der Waals surface area contributed by atoms with Gasteiger partial charge in [0.25, 0.3) is 0 Å². The van der Waals surface area contributed by atoms with Gasteiger partial charge in [-0.1, -0.05) is 6.07 Å². The molecule has 0 aromatic heterocycles. The molecule has 0 radical (unpaired) electrons. The Balaban J connectivity index is 1.85. The molecular weight excluding hydrogens is 619 g/mol. The Hall–Kier alpha value is -4.85. The molecule has 0 aliphatic carbocycles. The lowest BCUT2D eigenvalue weighted by molar-refractivity contribution is -0.133. The molecule has 4 N–H and O–H groups in total. The van der Waals surface area contributed by atoms with Crippen LogP contribution in [0.2, 0.25) is 0 Å². The number of methoxy groups -OCH3 is 3. The number of primary amides is 1. The third-order valence-corrected chi connectivity index (χ3v) is 10.0. The Labute approximate surface area is 266 Å². The second-order valence-electron chi connectivity index (χ2n) is 10.9. The van der Waals surface area contributed by atoms with Gasteiger partial charge in [0.05, 0.1) is 43.2 Å². The first-order valence-corrected chi connectivity index (χ1v) is 16.0. The van der Waals surface area contributed by atoms with Crippen LogP contribution in [0, 0.1) is 5.82 Å². The fraction of sp³-hybridized carbons (Fsp3) is 0.344. The minimum absolute atomic E-state index is 0.0263. The average molecular weight is 657 g/mol. The van der Waals surface area contributed by atoms with Crippen LogP contribution in [0.15, 0.2) is 59.5 Å². The van der Waals surface area contributed by atoms with Gasteiger partial charge in [-0.25, -0.2) is 17.6 Å². The van der Waals surface area contributed by atoms with Crippen LogP contribution in [0.25, 0.3) is 0 Å². The molecule has 0 unspecified atom stereocenters. The molecule has 3 aromatic rings. The number of carbonyl (C=O) groups is 3. The molecule has 2 atom stereocenters. The van der Waals surface area contributed by atoms with Crippen molar-refractivity contribution in [1.82, 2.24) is 4.90 Å². The van der Waals surface area contributed by atoms with Crippen LogP contribution in [0.5, 0.6) is 11.5 Å². The molecule has 3 aromatic carbocycles. The zero-order valence-electron chi connectivity index (χ0n) is 26.1. The highest BCUT2D eigenvalue weighted by molar-refractivity contribution is 7.92. The maximum atomic E-state index is 15.1. The van der Waals surface area contributed by atoms with E-state index in [2.05, 4.69) is 10.6 Å². The first kappa shape index (κ1) is 34.0. The maximum absolute atomic E-state index is 15.1. The number of ether oxygens (including phenoxy) is 3. The smallest absolute Gasteiger partial charge is 0.411 e. The summed E-state index contributed by atoms with van der Waals surface area (Å²) in [6.07, 6.45) is 0.205. The number of amides is 3. The molecule has 0 saturated carbocycles. The molecule has 46 heavy (non-hydrogen) atoms. The van der Waals surface area contributed by atoms with Crippen LogP contribution < -0.4 is 25.8 Å². The zero-order chi connectivity index (χ0) is 33.8. The molecule has 1 heterocycles. The summed E-state index contributed by atoms with van der Waals surface area (Å²) in [7, 11) is 0.278. The van der Waals surface area contributed by atoms with Crippen molar-refractivity contribution >= 4 is 39.1 Å². The molecule has 12 nitrogen and oxygen atoms in total. The van der Waals surface area contributed by atoms with Crippen molar-refractivity contribution in [1.29, 1.82) is 0 Å². The van der Waals surface area contributed by atoms with Crippen LogP contribution in [-0.2, 0) is 19.4 Å². The molecule has 0 spiro atoms. The van der Waals surface area contributed by atoms with Gasteiger partial charge < -0.3 is 30.2 Å². The number of hydrogen-bond donors (Lipinski definition) is 3. The first-order chi connectivity index (χ1) is 21.8. The number of rotatable bonds is 11. The zero-order valence-corrected chi connectivity index (χ0v) is 26.9. The lowest BCUT2D eigenvalue weighted by Gasteiger charge is -2.32. The summed E-state index contributed by atoms with van der Waals surface area (Å²) in [5.41, 5.74) is 6.30. The largest absolute Gasteiger partial charge is 0.493 e. The molecular formula is C32H37FN4O8S. The van der Waals surface area contributed by atoms with E-state index in [1.165, 1.54) is 56.6 Å². The Kier molecular flexibility index (Phi) is 10.4. The third kappa shape index (κ3) is 7.01. The number of nitrogens with one attached hydrogen (secondary N) is 2. The summed E-state index contributed by atoms with van der Waals surface area (Å²) in [5.74, 6) is -1.30. The summed E-state index contributed by atoms with van der Waals surface area (Å²) in [4.78, 5) is 40.0. The Morgan fingerprint density at radius 3 is 2.33 bits per heavy atom. The van der Waals surface area contributed by atoms with E-state index in [0.29, 0.717) is 35.5 Å². The molecule has 1 aliphatic heterocycles. The van der Waals surface area contributed by atoms with Crippen molar-refractivity contribution in [2.75, 3.05) is 38.5 Å². The van der Waals surface area contributed by atoms with Crippen molar-refractivity contribution in [3.05, 3.63) is 77.1 Å². The summed E-state index contributed by atoms with van der Waals surface area (Å²) in [6.45, 7) is 3.38. The van der Waals surface area contributed by atoms with E-state index in [1.54, 1.807) is 32.0 Å². The van der Waals surface area contributed by atoms with Gasteiger partial charge in [0.15, 0.2) is 21.3 Å². The fourth-order valence-electron chi connectivity index (χ4n) is 5.35. The highest BCUT2D eigenvalue weighted by Gasteiger charge is 2.38. The van der Waals surface area contributed by atoms with Crippen LogP contribution in [-0.4, -0.2) is 64.3 Å². The minimum Gasteiger partial charge on any atom is -0.493 e. The van der Waals surface area contributed by atoms with E-state index >= 15 is 4.39 Å². The fourth-order valence-corrected chi connectivity index (χ4v) is 6.64. The van der Waals surface area contributed by atoms with Crippen LogP contribution >= 0.6 is 0 Å². The molecule has 4 rings (SSSR count). The van der Waals surface area contributed by atoms with Crippen LogP contribution in [0.3, 0.4) is 0 Å². The lowest BCUT2D eigenvalue weighted by atomic mass is 10.00. The predicted molar refractivity (Wildman–Crippen MR) is 169 cm³/mol. The highest BCUT2D eigenvalue weighted by atomic mass is 32.2. The first-order valence-electron chi connectivity index (χ1n) is 14.4. The molecule has 246 valence electrons. The van der Waals surface area contributed by atoms with Crippen LogP contribution in [0.1, 0.15) is 60.3 Å². The van der Waals surface area contributed by atoms with Gasteiger partial charge in [0.2, 0.25) is 11.8 Å². The quantitative estimate of drug-likeness (QED) is 0.262. The Bertz CT molecular complexity index is 1750. The normalized spacial score (nSPS) is 15.3. The Morgan fingerprint density at radius 1 is 0.978 bits per heavy atom. The van der Waals surface area contributed by atoms with E-state index in [0.717, 1.165) is 6.07 Å². The van der Waals surface area contributed by atoms with Gasteiger partial charge in [-0.15, -0.1) is 0 Å². The van der Waals surface area contributed by atoms with E-state index in [-0.39, 0.29) is 28.4 Å². The molecule has 1 fully saturated rings. The topological polar surface area (TPSA) is 166 Å². The molecule has 14 heteroatoms. The van der Waals surface area contributed by atoms with Gasteiger partial charge in [0, 0.05) is 17.8 Å². The van der Waals surface area contributed by atoms with Crippen molar-refractivity contribution in [2.45, 2.75) is 48.9 Å². The lowest BCUT2D eigenvalue weighted by Crippen LogP contribution is -2.38. The average Bonchev–Trinajstić information content (AvgIpc) is 3.53. The number of nitrogens with two attached hydrogens (primary N) is 1. The maximum Gasteiger partial charge on any atom is 0.411 e. The standard InChI is InChI=1S/C32H37FN4O8S/c1-18(2)46(41,42)28-13-10-21(35-32(40)45-5)17-22(28)25-7-6-14-37(25)31(39)29(19-9-12-26(43-3)27(16-19)44-4)36-24-15-20(30(34)38)8-11-23(24)33/h8-13,15-18,25,29,36H,6-7,14H2,1-5H3,(H2,34,38)(H,35,40)/t25-,29-/m1/s1. The second kappa shape index (κ2) is 14.1. The summed E-state index contributed by atoms with van der Waals surface area (Å²) < 4.78 is 57.6. The van der Waals surface area contributed by atoms with E-state index in [1.807, 2.05) is 0 Å². The van der Waals surface area contributed by atoms with Crippen LogP contribution in [0.4, 0.5) is 20.6 Å². The van der Waals surface area contributed by atoms with Gasteiger partial charge in [0.1, 0.15) is 11.9 Å². The third-order valence-electron chi connectivity index (χ3n) is 7.80. The van der Waals surface area contributed by atoms with Gasteiger partial charge in [-0.3, -0.25) is 14.9 Å². The highest BCUT2D eigenvalue weighted by Crippen LogP contribution is 2.41. The number of sulfone groups is 1. The number of carbonyl (C=O) groups excluding carboxylic acids is 3. The van der Waals surface area contributed by atoms with Gasteiger partial charge in [-0.2, -0.15) is 0 Å². The number of anilines is 2. The number of nitrogens with zero attached hydrogens (tertiary/aromatic N) is 1. The minimum atomic E-state index is -3.82. The van der Waals surface area contributed by atoms with E-state index < -0.39 is 50.9 Å². The van der Waals surface area contributed by atoms with E-state index in [9.17, 15) is 22.8 Å². The van der Waals surface area contributed by atoms with Crippen molar-refractivity contribution < 1.29 is 41.4 Å². The number of likely N-dealkylation sites (tertiary alicyclic amines) is 1. The monoisotopic (exact) mass is 656 g/mol. The molecule has 0 bridgehead atoms. The number of benzene rings is 3. The van der Waals surface area contributed by atoms with Crippen molar-refractivity contribution in [2.24, 2.45) is 5.73 Å². The van der Waals surface area contributed by atoms with Gasteiger partial charge >= 0.3 is 6.09 Å². The number of hydrogen-bond acceptors (Lipinski definition) is 9. The Morgan fingerprint density at radius 2 is 1.70 bits per heavy atom. The molecule has 1 saturated heterocycles.